The van der Waals surface area contributed by atoms with E-state index in [-0.39, 0.29) is 30.8 Å². The van der Waals surface area contributed by atoms with Crippen molar-refractivity contribution in [2.45, 2.75) is 44.3 Å². The Balaban J connectivity index is 1.42. The number of amides is 4. The maximum absolute atomic E-state index is 12.7. The predicted molar refractivity (Wildman–Crippen MR) is 90.9 cm³/mol. The van der Waals surface area contributed by atoms with Gasteiger partial charge >= 0.3 is 6.03 Å². The minimum absolute atomic E-state index is 0.0316. The summed E-state index contributed by atoms with van der Waals surface area (Å²) in [5.74, 6) is -1.92. The molecule has 2 saturated heterocycles. The maximum Gasteiger partial charge on any atom is 0.327 e. The number of carboxylic acids is 1. The zero-order chi connectivity index (χ0) is 19.1. The average Bonchev–Trinajstić information content (AvgIpc) is 3.24. The fraction of sp³-hybridized carbons (Fsp3) is 0.474. The van der Waals surface area contributed by atoms with Crippen LogP contribution >= 0.6 is 0 Å². The summed E-state index contributed by atoms with van der Waals surface area (Å²) in [5, 5.41) is 11.1. The van der Waals surface area contributed by atoms with E-state index in [1.165, 1.54) is 4.90 Å². The van der Waals surface area contributed by atoms with Crippen LogP contribution in [-0.4, -0.2) is 63.7 Å². The molecule has 0 bridgehead atoms. The van der Waals surface area contributed by atoms with E-state index in [0.717, 1.165) is 16.0 Å². The highest BCUT2D eigenvalue weighted by atomic mass is 16.4. The normalized spacial score (nSPS) is 24.2. The summed E-state index contributed by atoms with van der Waals surface area (Å²) in [6.45, 7) is 0.717. The lowest BCUT2D eigenvalue weighted by molar-refractivity contribution is -0.310. The number of carboxylic acid groups (broad SMARTS) is 1. The molecule has 142 valence electrons. The number of nitrogens with zero attached hydrogens (tertiary/aromatic N) is 3. The Labute approximate surface area is 156 Å². The molecule has 2 fully saturated rings. The summed E-state index contributed by atoms with van der Waals surface area (Å²) in [7, 11) is 0. The van der Waals surface area contributed by atoms with E-state index in [1.807, 2.05) is 24.3 Å². The van der Waals surface area contributed by atoms with Gasteiger partial charge in [-0.25, -0.2) is 4.79 Å². The lowest BCUT2D eigenvalue weighted by atomic mass is 9.95. The number of aliphatic carboxylic acids is 1. The number of hydrogen-bond donors (Lipinski definition) is 0. The van der Waals surface area contributed by atoms with Crippen molar-refractivity contribution < 1.29 is 24.3 Å². The van der Waals surface area contributed by atoms with Crippen LogP contribution in [0, 0.1) is 0 Å². The van der Waals surface area contributed by atoms with Gasteiger partial charge in [0.2, 0.25) is 5.91 Å². The number of fused-ring (bicyclic) bond motifs is 2. The van der Waals surface area contributed by atoms with Gasteiger partial charge in [0.1, 0.15) is 6.04 Å². The van der Waals surface area contributed by atoms with Gasteiger partial charge in [-0.3, -0.25) is 14.5 Å². The number of benzene rings is 1. The number of imide groups is 1. The second kappa shape index (κ2) is 6.68. The van der Waals surface area contributed by atoms with Gasteiger partial charge in [-0.15, -0.1) is 0 Å². The van der Waals surface area contributed by atoms with Crippen molar-refractivity contribution in [1.29, 1.82) is 0 Å². The lowest BCUT2D eigenvalue weighted by Crippen LogP contribution is -2.47. The lowest BCUT2D eigenvalue weighted by Gasteiger charge is -2.28. The maximum atomic E-state index is 12.7. The molecule has 1 aromatic carbocycles. The SMILES string of the molecule is O=C([O-])[C@@H]1CCCN1C(=O)CCN1C(=O)[C@@H]2Cc3ccccc3CN2C1=O. The molecule has 0 unspecified atom stereocenters. The first-order valence-electron chi connectivity index (χ1n) is 9.16. The highest BCUT2D eigenvalue weighted by Crippen LogP contribution is 2.30. The van der Waals surface area contributed by atoms with Gasteiger partial charge < -0.3 is 19.7 Å². The van der Waals surface area contributed by atoms with Crippen molar-refractivity contribution in [3.8, 4) is 0 Å². The molecule has 2 atom stereocenters. The third-order valence-electron chi connectivity index (χ3n) is 5.67. The van der Waals surface area contributed by atoms with E-state index in [2.05, 4.69) is 0 Å². The topological polar surface area (TPSA) is 101 Å². The molecule has 0 spiro atoms. The highest BCUT2D eigenvalue weighted by Gasteiger charge is 2.47. The van der Waals surface area contributed by atoms with Crippen LogP contribution in [0.3, 0.4) is 0 Å². The molecule has 8 heteroatoms. The molecule has 1 aromatic rings. The van der Waals surface area contributed by atoms with Gasteiger partial charge in [0.25, 0.3) is 5.91 Å². The van der Waals surface area contributed by atoms with Crippen LogP contribution in [0.25, 0.3) is 0 Å². The first-order valence-corrected chi connectivity index (χ1v) is 9.16. The molecule has 0 aromatic heterocycles. The van der Waals surface area contributed by atoms with Gasteiger partial charge in [-0.2, -0.15) is 0 Å². The largest absolute Gasteiger partial charge is 0.548 e. The van der Waals surface area contributed by atoms with Crippen LogP contribution in [0.2, 0.25) is 0 Å². The number of urea groups is 1. The van der Waals surface area contributed by atoms with E-state index in [9.17, 15) is 24.3 Å². The van der Waals surface area contributed by atoms with Crippen molar-refractivity contribution >= 4 is 23.8 Å². The van der Waals surface area contributed by atoms with Gasteiger partial charge in [-0.05, 0) is 24.0 Å². The van der Waals surface area contributed by atoms with Crippen molar-refractivity contribution in [3.63, 3.8) is 0 Å². The van der Waals surface area contributed by atoms with Crippen LogP contribution in [0.4, 0.5) is 4.79 Å². The Morgan fingerprint density at radius 1 is 1.15 bits per heavy atom. The monoisotopic (exact) mass is 370 g/mol. The van der Waals surface area contributed by atoms with Crippen LogP contribution in [0.5, 0.6) is 0 Å². The second-order valence-corrected chi connectivity index (χ2v) is 7.20. The molecule has 3 aliphatic heterocycles. The van der Waals surface area contributed by atoms with Gasteiger partial charge in [0.15, 0.2) is 0 Å². The Bertz CT molecular complexity index is 780. The summed E-state index contributed by atoms with van der Waals surface area (Å²) >= 11 is 0. The van der Waals surface area contributed by atoms with Crippen LogP contribution < -0.4 is 5.11 Å². The number of carbonyl (C=O) groups excluding carboxylic acids is 4. The quantitative estimate of drug-likeness (QED) is 0.666. The smallest absolute Gasteiger partial charge is 0.327 e. The van der Waals surface area contributed by atoms with Crippen molar-refractivity contribution in [2.75, 3.05) is 13.1 Å². The van der Waals surface area contributed by atoms with Crippen molar-refractivity contribution in [3.05, 3.63) is 35.4 Å². The van der Waals surface area contributed by atoms with E-state index >= 15 is 0 Å². The molecule has 0 aliphatic carbocycles. The molecule has 0 N–H and O–H groups in total. The zero-order valence-corrected chi connectivity index (χ0v) is 14.8. The standard InChI is InChI=1S/C19H21N3O5/c23-16(20-8-3-6-14(20)18(25)26)7-9-21-17(24)15-10-12-4-1-2-5-13(12)11-22(15)19(21)27/h1-2,4-5,14-15H,3,6-11H2,(H,25,26)/p-1/t14-,15-/m0/s1. The van der Waals surface area contributed by atoms with Gasteiger partial charge in [-0.1, -0.05) is 24.3 Å². The van der Waals surface area contributed by atoms with E-state index < -0.39 is 18.1 Å². The minimum Gasteiger partial charge on any atom is -0.548 e. The summed E-state index contributed by atoms with van der Waals surface area (Å²) in [5.41, 5.74) is 2.09. The van der Waals surface area contributed by atoms with Crippen LogP contribution in [0.1, 0.15) is 30.4 Å². The number of hydrogen-bond acceptors (Lipinski definition) is 5. The first-order chi connectivity index (χ1) is 13.0. The molecule has 3 aliphatic rings. The van der Waals surface area contributed by atoms with Crippen molar-refractivity contribution in [2.24, 2.45) is 0 Å². The van der Waals surface area contributed by atoms with Crippen molar-refractivity contribution in [1.82, 2.24) is 14.7 Å². The fourth-order valence-electron chi connectivity index (χ4n) is 4.24. The summed E-state index contributed by atoms with van der Waals surface area (Å²) in [6, 6.07) is 5.91. The molecule has 4 rings (SSSR count). The van der Waals surface area contributed by atoms with Gasteiger partial charge in [0.05, 0.1) is 12.0 Å². The minimum atomic E-state index is -1.26. The number of carbonyl (C=O) groups is 4. The number of rotatable bonds is 4. The Morgan fingerprint density at radius 2 is 1.89 bits per heavy atom. The zero-order valence-electron chi connectivity index (χ0n) is 14.8. The molecule has 0 saturated carbocycles. The molecule has 0 radical (unpaired) electrons. The molecular weight excluding hydrogens is 350 g/mol. The van der Waals surface area contributed by atoms with E-state index in [1.54, 1.807) is 4.90 Å². The molecule has 27 heavy (non-hydrogen) atoms. The number of likely N-dealkylation sites (tertiary alicyclic amines) is 1. The predicted octanol–water partition coefficient (Wildman–Crippen LogP) is -0.493. The fourth-order valence-corrected chi connectivity index (χ4v) is 4.24. The summed E-state index contributed by atoms with van der Waals surface area (Å²) in [6.07, 6.45) is 1.39. The Kier molecular flexibility index (Phi) is 4.33. The molecule has 4 amide bonds. The molecular formula is C19H20N3O5-. The second-order valence-electron chi connectivity index (χ2n) is 7.20. The summed E-state index contributed by atoms with van der Waals surface area (Å²) in [4.78, 5) is 52.8. The third-order valence-corrected chi connectivity index (χ3v) is 5.67. The highest BCUT2D eigenvalue weighted by molar-refractivity contribution is 6.05. The Hall–Kier alpha value is -2.90. The third kappa shape index (κ3) is 2.94. The molecule has 3 heterocycles. The van der Waals surface area contributed by atoms with E-state index in [4.69, 9.17) is 0 Å². The first kappa shape index (κ1) is 17.5. The average molecular weight is 370 g/mol. The van der Waals surface area contributed by atoms with Crippen LogP contribution in [-0.2, 0) is 27.3 Å². The molecule has 8 nitrogen and oxygen atoms in total. The van der Waals surface area contributed by atoms with Gasteiger partial charge in [0, 0.05) is 32.5 Å². The van der Waals surface area contributed by atoms with E-state index in [0.29, 0.717) is 32.4 Å². The van der Waals surface area contributed by atoms with Crippen LogP contribution in [0.15, 0.2) is 24.3 Å². The Morgan fingerprint density at radius 3 is 2.63 bits per heavy atom. The summed E-state index contributed by atoms with van der Waals surface area (Å²) < 4.78 is 0.